The van der Waals surface area contributed by atoms with Gasteiger partial charge in [-0.2, -0.15) is 0 Å². The van der Waals surface area contributed by atoms with Gasteiger partial charge in [0, 0.05) is 31.2 Å². The number of hydrogen-bond donors (Lipinski definition) is 1. The van der Waals surface area contributed by atoms with Crippen molar-refractivity contribution in [2.45, 2.75) is 18.3 Å². The van der Waals surface area contributed by atoms with E-state index in [9.17, 15) is 0 Å². The first kappa shape index (κ1) is 15.5. The average molecular weight is 387 g/mol. The lowest BCUT2D eigenvalue weighted by Gasteiger charge is -2.42. The zero-order valence-corrected chi connectivity index (χ0v) is 14.9. The highest BCUT2D eigenvalue weighted by molar-refractivity contribution is 9.10. The molecule has 2 N–H and O–H groups in total. The maximum atomic E-state index is 6.18. The van der Waals surface area contributed by atoms with Crippen LogP contribution in [-0.4, -0.2) is 39.2 Å². The smallest absolute Gasteiger partial charge is 0.212 e. The molecule has 1 aromatic carbocycles. The molecule has 2 aromatic heterocycles. The van der Waals surface area contributed by atoms with E-state index in [4.69, 9.17) is 5.73 Å². The Morgan fingerprint density at radius 3 is 2.62 bits per heavy atom. The Bertz CT molecular complexity index is 839. The van der Waals surface area contributed by atoms with Crippen LogP contribution in [0.3, 0.4) is 0 Å². The second kappa shape index (κ2) is 6.14. The van der Waals surface area contributed by atoms with Crippen LogP contribution in [-0.2, 0) is 5.41 Å². The van der Waals surface area contributed by atoms with Crippen molar-refractivity contribution < 1.29 is 0 Å². The first-order valence-electron chi connectivity index (χ1n) is 8.08. The third kappa shape index (κ3) is 2.48. The van der Waals surface area contributed by atoms with Gasteiger partial charge in [0.05, 0.1) is 4.47 Å². The monoisotopic (exact) mass is 386 g/mol. The van der Waals surface area contributed by atoms with Gasteiger partial charge in [0.2, 0.25) is 5.95 Å². The predicted octanol–water partition coefficient (Wildman–Crippen LogP) is 2.38. The van der Waals surface area contributed by atoms with Crippen molar-refractivity contribution in [1.29, 1.82) is 0 Å². The van der Waals surface area contributed by atoms with Crippen LogP contribution in [0, 0.1) is 0 Å². The summed E-state index contributed by atoms with van der Waals surface area (Å²) in [6, 6.07) is 10.6. The molecular formula is C17H19BrN6. The van der Waals surface area contributed by atoms with Crippen LogP contribution in [0.15, 0.2) is 47.3 Å². The van der Waals surface area contributed by atoms with Gasteiger partial charge in [-0.25, -0.2) is 9.38 Å². The number of anilines is 1. The number of halogens is 1. The van der Waals surface area contributed by atoms with E-state index in [0.29, 0.717) is 6.54 Å². The first-order valence-corrected chi connectivity index (χ1v) is 8.88. The van der Waals surface area contributed by atoms with Crippen LogP contribution >= 0.6 is 15.9 Å². The molecule has 124 valence electrons. The Hall–Kier alpha value is -1.99. The number of fused-ring (bicyclic) bond motifs is 1. The third-order valence-electron chi connectivity index (χ3n) is 5.05. The number of hydrogen-bond acceptors (Lipinski definition) is 5. The summed E-state index contributed by atoms with van der Waals surface area (Å²) in [5.41, 5.74) is 8.37. The second-order valence-electron chi connectivity index (χ2n) is 6.27. The molecule has 0 spiro atoms. The lowest BCUT2D eigenvalue weighted by atomic mass is 9.73. The molecule has 0 aliphatic carbocycles. The zero-order valence-electron chi connectivity index (χ0n) is 13.3. The molecule has 1 aliphatic heterocycles. The van der Waals surface area contributed by atoms with Gasteiger partial charge in [-0.3, -0.25) is 0 Å². The van der Waals surface area contributed by atoms with E-state index in [1.807, 2.05) is 4.40 Å². The predicted molar refractivity (Wildman–Crippen MR) is 97.1 cm³/mol. The number of piperidine rings is 1. The lowest BCUT2D eigenvalue weighted by molar-refractivity contribution is 0.337. The van der Waals surface area contributed by atoms with Crippen LogP contribution in [0.1, 0.15) is 18.4 Å². The highest BCUT2D eigenvalue weighted by Gasteiger charge is 2.35. The topological polar surface area (TPSA) is 72.3 Å². The van der Waals surface area contributed by atoms with Crippen LogP contribution in [0.5, 0.6) is 0 Å². The van der Waals surface area contributed by atoms with Crippen molar-refractivity contribution in [2.24, 2.45) is 5.73 Å². The van der Waals surface area contributed by atoms with Gasteiger partial charge in [-0.15, -0.1) is 10.2 Å². The number of aromatic nitrogens is 4. The third-order valence-corrected chi connectivity index (χ3v) is 5.61. The van der Waals surface area contributed by atoms with Gasteiger partial charge in [0.15, 0.2) is 5.65 Å². The van der Waals surface area contributed by atoms with E-state index in [-0.39, 0.29) is 5.41 Å². The van der Waals surface area contributed by atoms with Gasteiger partial charge >= 0.3 is 0 Å². The summed E-state index contributed by atoms with van der Waals surface area (Å²) < 4.78 is 2.78. The summed E-state index contributed by atoms with van der Waals surface area (Å²) in [5, 5.41) is 8.15. The molecule has 1 fully saturated rings. The van der Waals surface area contributed by atoms with Gasteiger partial charge in [0.1, 0.15) is 6.33 Å². The van der Waals surface area contributed by atoms with Gasteiger partial charge < -0.3 is 10.6 Å². The molecule has 0 amide bonds. The van der Waals surface area contributed by atoms with Gasteiger partial charge in [-0.05, 0) is 34.3 Å². The van der Waals surface area contributed by atoms with Crippen molar-refractivity contribution in [3.8, 4) is 0 Å². The van der Waals surface area contributed by atoms with E-state index in [1.54, 1.807) is 12.5 Å². The largest absolute Gasteiger partial charge is 0.342 e. The van der Waals surface area contributed by atoms with Crippen molar-refractivity contribution in [1.82, 2.24) is 19.6 Å². The minimum atomic E-state index is 0.0550. The molecule has 24 heavy (non-hydrogen) atoms. The Morgan fingerprint density at radius 2 is 1.92 bits per heavy atom. The van der Waals surface area contributed by atoms with E-state index in [0.717, 1.165) is 42.0 Å². The Balaban J connectivity index is 1.61. The maximum absolute atomic E-state index is 6.18. The van der Waals surface area contributed by atoms with Crippen molar-refractivity contribution in [3.63, 3.8) is 0 Å². The van der Waals surface area contributed by atoms with E-state index in [2.05, 4.69) is 66.3 Å². The molecule has 6 nitrogen and oxygen atoms in total. The fourth-order valence-electron chi connectivity index (χ4n) is 3.55. The number of nitrogens with zero attached hydrogens (tertiary/aromatic N) is 5. The molecule has 0 unspecified atom stereocenters. The Labute approximate surface area is 148 Å². The molecule has 0 bridgehead atoms. The summed E-state index contributed by atoms with van der Waals surface area (Å²) in [6.07, 6.45) is 5.52. The van der Waals surface area contributed by atoms with Crippen LogP contribution in [0.4, 0.5) is 5.95 Å². The average Bonchev–Trinajstić information content (AvgIpc) is 3.14. The highest BCUT2D eigenvalue weighted by atomic mass is 79.9. The molecule has 0 saturated carbocycles. The summed E-state index contributed by atoms with van der Waals surface area (Å²) >= 11 is 3.47. The van der Waals surface area contributed by atoms with Crippen molar-refractivity contribution in [3.05, 3.63) is 52.9 Å². The quantitative estimate of drug-likeness (QED) is 0.747. The van der Waals surface area contributed by atoms with Crippen LogP contribution < -0.4 is 10.6 Å². The highest BCUT2D eigenvalue weighted by Crippen LogP contribution is 2.36. The van der Waals surface area contributed by atoms with Gasteiger partial charge in [-0.1, -0.05) is 30.3 Å². The molecule has 3 aromatic rings. The standard InChI is InChI=1S/C17H19BrN6/c18-14-10-20-16(24-12-21-22-15(14)24)23-8-6-17(11-19,7-9-23)13-4-2-1-3-5-13/h1-5,10,12H,6-9,11,19H2. The SMILES string of the molecule is NCC1(c2ccccc2)CCN(c2ncc(Br)c3nncn23)CC1. The second-order valence-corrected chi connectivity index (χ2v) is 7.12. The molecule has 7 heteroatoms. The van der Waals surface area contributed by atoms with E-state index in [1.165, 1.54) is 5.56 Å². The lowest BCUT2D eigenvalue weighted by Crippen LogP contribution is -2.47. The number of rotatable bonds is 3. The molecule has 3 heterocycles. The number of benzene rings is 1. The fourth-order valence-corrected chi connectivity index (χ4v) is 3.92. The fraction of sp³-hybridized carbons (Fsp3) is 0.353. The molecule has 0 atom stereocenters. The Morgan fingerprint density at radius 1 is 1.17 bits per heavy atom. The molecule has 4 rings (SSSR count). The zero-order chi connectivity index (χ0) is 16.6. The minimum Gasteiger partial charge on any atom is -0.342 e. The summed E-state index contributed by atoms with van der Waals surface area (Å²) in [7, 11) is 0. The molecule has 1 aliphatic rings. The summed E-state index contributed by atoms with van der Waals surface area (Å²) in [5.74, 6) is 0.886. The summed E-state index contributed by atoms with van der Waals surface area (Å²) in [6.45, 7) is 2.49. The van der Waals surface area contributed by atoms with Crippen LogP contribution in [0.25, 0.3) is 5.65 Å². The summed E-state index contributed by atoms with van der Waals surface area (Å²) in [4.78, 5) is 6.87. The maximum Gasteiger partial charge on any atom is 0.212 e. The van der Waals surface area contributed by atoms with Gasteiger partial charge in [0.25, 0.3) is 0 Å². The van der Waals surface area contributed by atoms with E-state index >= 15 is 0 Å². The molecule has 1 saturated heterocycles. The first-order chi connectivity index (χ1) is 11.7. The normalized spacial score (nSPS) is 17.3. The van der Waals surface area contributed by atoms with Crippen molar-refractivity contribution in [2.75, 3.05) is 24.5 Å². The molecule has 0 radical (unpaired) electrons. The minimum absolute atomic E-state index is 0.0550. The number of nitrogens with two attached hydrogens (primary N) is 1. The molecular weight excluding hydrogens is 368 g/mol. The van der Waals surface area contributed by atoms with E-state index < -0.39 is 0 Å². The van der Waals surface area contributed by atoms with Crippen LogP contribution in [0.2, 0.25) is 0 Å². The Kier molecular flexibility index (Phi) is 3.97. The van der Waals surface area contributed by atoms with Crippen molar-refractivity contribution >= 4 is 27.5 Å².